The summed E-state index contributed by atoms with van der Waals surface area (Å²) in [5.41, 5.74) is 0.766. The van der Waals surface area contributed by atoms with Crippen LogP contribution in [0, 0.1) is 5.92 Å². The Kier molecular flexibility index (Phi) is 4.08. The lowest BCUT2D eigenvalue weighted by atomic mass is 9.96. The summed E-state index contributed by atoms with van der Waals surface area (Å²) in [6.07, 6.45) is 2.35. The Hall–Kier alpha value is -1.72. The molecule has 0 spiro atoms. The average Bonchev–Trinajstić information content (AvgIpc) is 2.97. The molecule has 2 unspecified atom stereocenters. The molecule has 2 aromatic rings. The van der Waals surface area contributed by atoms with Gasteiger partial charge in [-0.3, -0.25) is 0 Å². The van der Waals surface area contributed by atoms with E-state index >= 15 is 0 Å². The van der Waals surface area contributed by atoms with Gasteiger partial charge in [0.1, 0.15) is 0 Å². The lowest BCUT2D eigenvalue weighted by Crippen LogP contribution is -2.31. The van der Waals surface area contributed by atoms with Crippen LogP contribution in [0.2, 0.25) is 0 Å². The van der Waals surface area contributed by atoms with Crippen molar-refractivity contribution in [1.82, 2.24) is 15.5 Å². The third-order valence-electron chi connectivity index (χ3n) is 3.70. The van der Waals surface area contributed by atoms with Crippen LogP contribution in [0.15, 0.2) is 34.9 Å². The van der Waals surface area contributed by atoms with E-state index < -0.39 is 6.10 Å². The molecule has 1 saturated heterocycles. The number of hydrogen-bond acceptors (Lipinski definition) is 5. The maximum Gasteiger partial charge on any atom is 0.260 e. The number of nitrogens with zero attached hydrogens (tertiary/aromatic N) is 2. The molecule has 5 heteroatoms. The number of benzene rings is 1. The molecule has 20 heavy (non-hydrogen) atoms. The molecule has 1 aliphatic rings. The number of piperidine rings is 1. The fourth-order valence-electron chi connectivity index (χ4n) is 2.60. The predicted octanol–water partition coefficient (Wildman–Crippen LogP) is 1.69. The monoisotopic (exact) mass is 273 g/mol. The molecule has 2 atom stereocenters. The van der Waals surface area contributed by atoms with Gasteiger partial charge in [-0.05, 0) is 37.4 Å². The highest BCUT2D eigenvalue weighted by Crippen LogP contribution is 2.21. The van der Waals surface area contributed by atoms with Crippen LogP contribution in [0.3, 0.4) is 0 Å². The Labute approximate surface area is 118 Å². The summed E-state index contributed by atoms with van der Waals surface area (Å²) in [6, 6.07) is 9.36. The van der Waals surface area contributed by atoms with Crippen LogP contribution >= 0.6 is 0 Å². The zero-order chi connectivity index (χ0) is 13.8. The van der Waals surface area contributed by atoms with Gasteiger partial charge >= 0.3 is 0 Å². The van der Waals surface area contributed by atoms with Crippen molar-refractivity contribution in [1.29, 1.82) is 0 Å². The summed E-state index contributed by atoms with van der Waals surface area (Å²) in [5, 5.41) is 17.6. The van der Waals surface area contributed by atoms with Gasteiger partial charge in [-0.15, -0.1) is 0 Å². The standard InChI is InChI=1S/C15H19N3O2/c19-14(12-6-2-1-3-7-12)15-17-13(18-20-15)9-11-5-4-8-16-10-11/h1-3,6-7,11,14,16,19H,4-5,8-10H2. The molecule has 1 aromatic carbocycles. The fourth-order valence-corrected chi connectivity index (χ4v) is 2.60. The molecule has 5 nitrogen and oxygen atoms in total. The Morgan fingerprint density at radius 1 is 1.35 bits per heavy atom. The first-order valence-electron chi connectivity index (χ1n) is 7.09. The van der Waals surface area contributed by atoms with E-state index in [9.17, 15) is 5.11 Å². The molecule has 1 fully saturated rings. The van der Waals surface area contributed by atoms with E-state index in [1.54, 1.807) is 0 Å². The van der Waals surface area contributed by atoms with Crippen LogP contribution in [-0.4, -0.2) is 28.3 Å². The van der Waals surface area contributed by atoms with Gasteiger partial charge in [0.25, 0.3) is 5.89 Å². The summed E-state index contributed by atoms with van der Waals surface area (Å²) >= 11 is 0. The minimum absolute atomic E-state index is 0.273. The van der Waals surface area contributed by atoms with E-state index in [4.69, 9.17) is 4.52 Å². The Morgan fingerprint density at radius 2 is 2.20 bits per heavy atom. The van der Waals surface area contributed by atoms with E-state index in [-0.39, 0.29) is 5.89 Å². The summed E-state index contributed by atoms with van der Waals surface area (Å²) in [4.78, 5) is 4.33. The largest absolute Gasteiger partial charge is 0.378 e. The molecule has 1 aliphatic heterocycles. The first kappa shape index (κ1) is 13.3. The van der Waals surface area contributed by atoms with Gasteiger partial charge < -0.3 is 14.9 Å². The molecule has 2 N–H and O–H groups in total. The molecule has 0 amide bonds. The molecule has 106 valence electrons. The van der Waals surface area contributed by atoms with E-state index in [0.29, 0.717) is 11.7 Å². The zero-order valence-electron chi connectivity index (χ0n) is 11.3. The first-order chi connectivity index (χ1) is 9.83. The normalized spacial score (nSPS) is 20.8. The molecule has 0 bridgehead atoms. The van der Waals surface area contributed by atoms with Gasteiger partial charge in [0.2, 0.25) is 0 Å². The minimum Gasteiger partial charge on any atom is -0.378 e. The van der Waals surface area contributed by atoms with Crippen molar-refractivity contribution in [3.05, 3.63) is 47.6 Å². The molecule has 3 rings (SSSR count). The second kappa shape index (κ2) is 6.15. The van der Waals surface area contributed by atoms with Crippen LogP contribution in [0.5, 0.6) is 0 Å². The smallest absolute Gasteiger partial charge is 0.260 e. The minimum atomic E-state index is -0.845. The molecular weight excluding hydrogens is 254 g/mol. The number of aliphatic hydroxyl groups is 1. The van der Waals surface area contributed by atoms with Gasteiger partial charge in [-0.1, -0.05) is 35.5 Å². The van der Waals surface area contributed by atoms with Gasteiger partial charge in [-0.25, -0.2) is 0 Å². The van der Waals surface area contributed by atoms with Crippen LogP contribution in [-0.2, 0) is 6.42 Å². The maximum absolute atomic E-state index is 10.2. The van der Waals surface area contributed by atoms with Crippen molar-refractivity contribution in [2.45, 2.75) is 25.4 Å². The number of nitrogens with one attached hydrogen (secondary N) is 1. The third-order valence-corrected chi connectivity index (χ3v) is 3.70. The predicted molar refractivity (Wildman–Crippen MR) is 74.1 cm³/mol. The molecular formula is C15H19N3O2. The summed E-state index contributed by atoms with van der Waals surface area (Å²) in [7, 11) is 0. The van der Waals surface area contributed by atoms with Crippen LogP contribution in [0.1, 0.15) is 36.2 Å². The maximum atomic E-state index is 10.2. The van der Waals surface area contributed by atoms with Crippen molar-refractivity contribution in [3.63, 3.8) is 0 Å². The zero-order valence-corrected chi connectivity index (χ0v) is 11.3. The Balaban J connectivity index is 1.67. The SMILES string of the molecule is OC(c1ccccc1)c1nc(CC2CCCNC2)no1. The van der Waals surface area contributed by atoms with E-state index in [0.717, 1.165) is 25.1 Å². The third kappa shape index (κ3) is 3.05. The number of rotatable bonds is 4. The van der Waals surface area contributed by atoms with Crippen LogP contribution in [0.25, 0.3) is 0 Å². The summed E-state index contributed by atoms with van der Waals surface area (Å²) < 4.78 is 5.19. The molecule has 1 aromatic heterocycles. The molecule has 0 radical (unpaired) electrons. The summed E-state index contributed by atoms with van der Waals surface area (Å²) in [5.74, 6) is 1.52. The van der Waals surface area contributed by atoms with Gasteiger partial charge in [0, 0.05) is 6.42 Å². The van der Waals surface area contributed by atoms with E-state index in [1.807, 2.05) is 30.3 Å². The lowest BCUT2D eigenvalue weighted by Gasteiger charge is -2.20. The number of hydrogen-bond donors (Lipinski definition) is 2. The van der Waals surface area contributed by atoms with Crippen LogP contribution in [0.4, 0.5) is 0 Å². The average molecular weight is 273 g/mol. The van der Waals surface area contributed by atoms with E-state index in [1.165, 1.54) is 12.8 Å². The Morgan fingerprint density at radius 3 is 2.95 bits per heavy atom. The second-order valence-corrected chi connectivity index (χ2v) is 5.28. The molecule has 2 heterocycles. The van der Waals surface area contributed by atoms with Crippen molar-refractivity contribution in [2.24, 2.45) is 5.92 Å². The van der Waals surface area contributed by atoms with Gasteiger partial charge in [-0.2, -0.15) is 4.98 Å². The molecule has 0 aliphatic carbocycles. The lowest BCUT2D eigenvalue weighted by molar-refractivity contribution is 0.170. The van der Waals surface area contributed by atoms with Crippen molar-refractivity contribution in [2.75, 3.05) is 13.1 Å². The fraction of sp³-hybridized carbons (Fsp3) is 0.467. The highest BCUT2D eigenvalue weighted by Gasteiger charge is 2.20. The van der Waals surface area contributed by atoms with Crippen molar-refractivity contribution < 1.29 is 9.63 Å². The van der Waals surface area contributed by atoms with E-state index in [2.05, 4.69) is 15.5 Å². The molecule has 0 saturated carbocycles. The topological polar surface area (TPSA) is 71.2 Å². The highest BCUT2D eigenvalue weighted by atomic mass is 16.5. The van der Waals surface area contributed by atoms with Crippen molar-refractivity contribution in [3.8, 4) is 0 Å². The second-order valence-electron chi connectivity index (χ2n) is 5.28. The highest BCUT2D eigenvalue weighted by molar-refractivity contribution is 5.21. The van der Waals surface area contributed by atoms with Crippen molar-refractivity contribution >= 4 is 0 Å². The Bertz CT molecular complexity index is 535. The van der Waals surface area contributed by atoms with Gasteiger partial charge in [0.05, 0.1) is 0 Å². The van der Waals surface area contributed by atoms with Crippen LogP contribution < -0.4 is 5.32 Å². The first-order valence-corrected chi connectivity index (χ1v) is 7.09. The summed E-state index contributed by atoms with van der Waals surface area (Å²) in [6.45, 7) is 2.10. The van der Waals surface area contributed by atoms with Gasteiger partial charge in [0.15, 0.2) is 11.9 Å². The number of aliphatic hydroxyl groups excluding tert-OH is 1. The quantitative estimate of drug-likeness (QED) is 0.887. The number of aromatic nitrogens is 2.